The van der Waals surface area contributed by atoms with E-state index < -0.39 is 11.6 Å². The van der Waals surface area contributed by atoms with Crippen LogP contribution in [0.25, 0.3) is 0 Å². The largest absolute Gasteiger partial charge is 0.493 e. The highest BCUT2D eigenvalue weighted by molar-refractivity contribution is 8.15. The second-order valence-electron chi connectivity index (χ2n) is 9.32. The van der Waals surface area contributed by atoms with E-state index >= 15 is 0 Å². The van der Waals surface area contributed by atoms with Gasteiger partial charge in [0.2, 0.25) is 11.5 Å². The maximum absolute atomic E-state index is 11.8. The summed E-state index contributed by atoms with van der Waals surface area (Å²) in [7, 11) is 3.04. The number of hydrogen-bond donors (Lipinski definition) is 1. The number of amidine groups is 1. The normalized spacial score (nSPS) is 20.5. The Morgan fingerprint density at radius 1 is 1.19 bits per heavy atom. The number of methoxy groups -OCH3 is 2. The van der Waals surface area contributed by atoms with Crippen molar-refractivity contribution in [3.63, 3.8) is 0 Å². The number of carbonyl (C=O) groups excluding carboxylic acids is 2. The molecular weight excluding hydrogens is 496 g/mol. The van der Waals surface area contributed by atoms with Gasteiger partial charge in [-0.25, -0.2) is 0 Å². The van der Waals surface area contributed by atoms with Crippen molar-refractivity contribution in [3.8, 4) is 28.7 Å². The van der Waals surface area contributed by atoms with Crippen molar-refractivity contribution < 1.29 is 33.3 Å². The molecule has 2 aliphatic rings. The van der Waals surface area contributed by atoms with E-state index in [0.717, 1.165) is 35.3 Å². The Balaban J connectivity index is 1.40. The fourth-order valence-corrected chi connectivity index (χ4v) is 5.45. The lowest BCUT2D eigenvalue weighted by molar-refractivity contribution is -0.132. The lowest BCUT2D eigenvalue weighted by atomic mass is 9.87. The van der Waals surface area contributed by atoms with Gasteiger partial charge in [0, 0.05) is 24.5 Å². The zero-order valence-corrected chi connectivity index (χ0v) is 22.5. The zero-order valence-electron chi connectivity index (χ0n) is 21.7. The molecule has 0 bridgehead atoms. The van der Waals surface area contributed by atoms with Crippen molar-refractivity contribution in [2.75, 3.05) is 20.8 Å². The smallest absolute Gasteiger partial charge is 0.308 e. The molecule has 198 valence electrons. The number of aliphatic imine (C=N–C) groups is 1. The first-order chi connectivity index (χ1) is 17.6. The van der Waals surface area contributed by atoms with E-state index in [1.165, 1.54) is 32.9 Å². The van der Waals surface area contributed by atoms with Crippen LogP contribution in [-0.2, 0) is 22.4 Å². The van der Waals surface area contributed by atoms with Gasteiger partial charge in [0.15, 0.2) is 16.7 Å². The van der Waals surface area contributed by atoms with Gasteiger partial charge in [0.1, 0.15) is 11.4 Å². The second-order valence-corrected chi connectivity index (χ2v) is 10.5. The molecule has 2 atom stereocenters. The molecule has 37 heavy (non-hydrogen) atoms. The molecule has 0 saturated heterocycles. The van der Waals surface area contributed by atoms with Crippen LogP contribution in [-0.4, -0.2) is 48.7 Å². The number of esters is 1. The van der Waals surface area contributed by atoms with Crippen molar-refractivity contribution in [1.82, 2.24) is 0 Å². The van der Waals surface area contributed by atoms with Gasteiger partial charge in [-0.15, -0.1) is 0 Å². The SMILES string of the molecule is COc1c(OC(C)=O)c(C)c2c(c1OC)OC(C)(CCOc1ccc(CC3SC(N)=NC3=O)cc1)CC2. The Bertz CT molecular complexity index is 1230. The Morgan fingerprint density at radius 2 is 1.89 bits per heavy atom. The molecule has 0 spiro atoms. The zero-order chi connectivity index (χ0) is 26.7. The van der Waals surface area contributed by atoms with E-state index in [-0.39, 0.29) is 11.2 Å². The van der Waals surface area contributed by atoms with Crippen LogP contribution >= 0.6 is 11.8 Å². The standard InChI is InChI=1S/C27H32N2O7S/c1-15-19-10-11-27(3,36-22(19)24(33-5)23(32-4)21(15)35-16(2)30)12-13-34-18-8-6-17(7-9-18)14-20-25(31)29-26(28)37-20/h6-9,20H,10-14H2,1-5H3,(H2,28,29,31). The summed E-state index contributed by atoms with van der Waals surface area (Å²) in [5.74, 6) is 1.84. The summed E-state index contributed by atoms with van der Waals surface area (Å²) >= 11 is 1.30. The molecule has 2 aromatic rings. The molecule has 0 saturated carbocycles. The van der Waals surface area contributed by atoms with E-state index in [2.05, 4.69) is 4.99 Å². The minimum atomic E-state index is -0.486. The highest BCUT2D eigenvalue weighted by atomic mass is 32.2. The quantitative estimate of drug-likeness (QED) is 0.381. The number of nitrogens with two attached hydrogens (primary N) is 1. The number of nitrogens with zero attached hydrogens (tertiary/aromatic N) is 1. The minimum absolute atomic E-state index is 0.183. The van der Waals surface area contributed by atoms with E-state index in [4.69, 9.17) is 29.4 Å². The number of benzene rings is 2. The lowest BCUT2D eigenvalue weighted by Gasteiger charge is -2.37. The summed E-state index contributed by atoms with van der Waals surface area (Å²) in [5, 5.41) is 0.0643. The van der Waals surface area contributed by atoms with E-state index in [1.54, 1.807) is 0 Å². The van der Waals surface area contributed by atoms with Gasteiger partial charge in [-0.3, -0.25) is 9.59 Å². The van der Waals surface area contributed by atoms with E-state index in [1.807, 2.05) is 38.1 Å². The first-order valence-electron chi connectivity index (χ1n) is 12.1. The minimum Gasteiger partial charge on any atom is -0.493 e. The van der Waals surface area contributed by atoms with Crippen LogP contribution in [0.5, 0.6) is 28.7 Å². The van der Waals surface area contributed by atoms with Crippen LogP contribution in [0.15, 0.2) is 29.3 Å². The Kier molecular flexibility index (Phi) is 7.87. The highest BCUT2D eigenvalue weighted by Gasteiger charge is 2.37. The van der Waals surface area contributed by atoms with Crippen molar-refractivity contribution in [2.45, 2.75) is 57.3 Å². The summed E-state index contributed by atoms with van der Waals surface area (Å²) in [5.41, 5.74) is 7.91. The van der Waals surface area contributed by atoms with Crippen LogP contribution < -0.4 is 29.4 Å². The highest BCUT2D eigenvalue weighted by Crippen LogP contribution is 2.53. The van der Waals surface area contributed by atoms with E-state index in [0.29, 0.717) is 47.6 Å². The van der Waals surface area contributed by atoms with Gasteiger partial charge in [-0.1, -0.05) is 23.9 Å². The van der Waals surface area contributed by atoms with Gasteiger partial charge < -0.3 is 29.4 Å². The van der Waals surface area contributed by atoms with Crippen LogP contribution in [0.2, 0.25) is 0 Å². The molecule has 0 fully saturated rings. The molecule has 2 heterocycles. The Labute approximate surface area is 220 Å². The maximum Gasteiger partial charge on any atom is 0.308 e. The number of amides is 1. The lowest BCUT2D eigenvalue weighted by Crippen LogP contribution is -2.38. The number of rotatable bonds is 9. The van der Waals surface area contributed by atoms with Gasteiger partial charge >= 0.3 is 5.97 Å². The predicted octanol–water partition coefficient (Wildman–Crippen LogP) is 3.99. The van der Waals surface area contributed by atoms with E-state index in [9.17, 15) is 9.59 Å². The third-order valence-electron chi connectivity index (χ3n) is 6.60. The monoisotopic (exact) mass is 528 g/mol. The molecule has 0 radical (unpaired) electrons. The summed E-state index contributed by atoms with van der Waals surface area (Å²) in [6, 6.07) is 7.70. The van der Waals surface area contributed by atoms with Crippen molar-refractivity contribution in [3.05, 3.63) is 41.0 Å². The first-order valence-corrected chi connectivity index (χ1v) is 12.9. The van der Waals surface area contributed by atoms with Crippen LogP contribution in [0.1, 0.15) is 43.4 Å². The van der Waals surface area contributed by atoms with Gasteiger partial charge in [0.25, 0.3) is 5.91 Å². The fourth-order valence-electron chi connectivity index (χ4n) is 4.58. The molecule has 9 nitrogen and oxygen atoms in total. The predicted molar refractivity (Wildman–Crippen MR) is 141 cm³/mol. The summed E-state index contributed by atoms with van der Waals surface area (Å²) < 4.78 is 29.1. The van der Waals surface area contributed by atoms with Crippen LogP contribution in [0.3, 0.4) is 0 Å². The number of fused-ring (bicyclic) bond motifs is 1. The molecule has 2 unspecified atom stereocenters. The summed E-state index contributed by atoms with van der Waals surface area (Å²) in [4.78, 5) is 27.3. The molecule has 2 N–H and O–H groups in total. The number of hydrogen-bond acceptors (Lipinski definition) is 9. The number of carbonyl (C=O) groups is 2. The topological polar surface area (TPSA) is 119 Å². The summed E-state index contributed by atoms with van der Waals surface area (Å²) in [6.07, 6.45) is 2.71. The van der Waals surface area contributed by atoms with Gasteiger partial charge in [-0.2, -0.15) is 4.99 Å². The molecule has 4 rings (SSSR count). The molecule has 2 aliphatic heterocycles. The first kappa shape index (κ1) is 26.7. The second kappa shape index (κ2) is 10.9. The Hall–Kier alpha value is -3.40. The average molecular weight is 529 g/mol. The van der Waals surface area contributed by atoms with Crippen molar-refractivity contribution >= 4 is 28.8 Å². The van der Waals surface area contributed by atoms with Crippen LogP contribution in [0.4, 0.5) is 0 Å². The average Bonchev–Trinajstić information content (AvgIpc) is 3.17. The van der Waals surface area contributed by atoms with Crippen LogP contribution in [0, 0.1) is 6.92 Å². The third kappa shape index (κ3) is 5.79. The van der Waals surface area contributed by atoms with Crippen molar-refractivity contribution in [1.29, 1.82) is 0 Å². The molecule has 10 heteroatoms. The maximum atomic E-state index is 11.8. The fraction of sp³-hybridized carbons (Fsp3) is 0.444. The molecule has 1 amide bonds. The number of thioether (sulfide) groups is 1. The molecule has 2 aromatic carbocycles. The van der Waals surface area contributed by atoms with Crippen molar-refractivity contribution in [2.24, 2.45) is 10.7 Å². The number of ether oxygens (including phenoxy) is 5. The van der Waals surface area contributed by atoms with Gasteiger partial charge in [-0.05, 0) is 50.8 Å². The van der Waals surface area contributed by atoms with Gasteiger partial charge in [0.05, 0.1) is 26.1 Å². The molecule has 0 aromatic heterocycles. The Morgan fingerprint density at radius 3 is 2.49 bits per heavy atom. The third-order valence-corrected chi connectivity index (χ3v) is 7.58. The molecule has 0 aliphatic carbocycles. The molecular formula is C27H32N2O7S. The summed E-state index contributed by atoms with van der Waals surface area (Å²) in [6.45, 7) is 5.75.